The molecule has 2 aromatic carbocycles. The smallest absolute Gasteiger partial charge is 0.324 e. The fourth-order valence-corrected chi connectivity index (χ4v) is 3.26. The summed E-state index contributed by atoms with van der Waals surface area (Å²) in [4.78, 5) is 29.0. The quantitative estimate of drug-likeness (QED) is 0.260. The second kappa shape index (κ2) is 10.4. The lowest BCUT2D eigenvalue weighted by Crippen LogP contribution is -2.14. The molecular formula is C28H22F3N7O. The summed E-state index contributed by atoms with van der Waals surface area (Å²) in [5.74, 6) is -1.87. The Morgan fingerprint density at radius 3 is 2.79 bits per heavy atom. The van der Waals surface area contributed by atoms with E-state index in [1.807, 2.05) is 0 Å². The van der Waals surface area contributed by atoms with E-state index in [0.29, 0.717) is 12.1 Å². The van der Waals surface area contributed by atoms with E-state index >= 15 is 0 Å². The molecule has 0 unspecified atom stereocenters. The maximum atomic E-state index is 13.9. The molecule has 3 aromatic heterocycles. The van der Waals surface area contributed by atoms with Crippen LogP contribution in [0.15, 0.2) is 85.5 Å². The minimum atomic E-state index is -4.97. The Labute approximate surface area is 238 Å². The summed E-state index contributed by atoms with van der Waals surface area (Å²) in [6.07, 6.45) is -6.05. The molecule has 3 heterocycles. The average molecular weight is 542 g/mol. The Morgan fingerprint density at radius 1 is 1.15 bits per heavy atom. The highest BCUT2D eigenvalue weighted by molar-refractivity contribution is 6.05. The first kappa shape index (κ1) is 14.8. The Bertz CT molecular complexity index is 2240. The molecule has 0 spiro atoms. The van der Waals surface area contributed by atoms with Gasteiger partial charge in [-0.05, 0) is 67.8 Å². The number of imidazole rings is 1. The van der Waals surface area contributed by atoms with Crippen LogP contribution in [0.3, 0.4) is 0 Å². The zero-order valence-electron chi connectivity index (χ0n) is 31.7. The summed E-state index contributed by atoms with van der Waals surface area (Å²) in [7, 11) is 0. The van der Waals surface area contributed by atoms with Crippen LogP contribution in [0.2, 0.25) is 0 Å². The van der Waals surface area contributed by atoms with Crippen LogP contribution in [0.1, 0.15) is 43.6 Å². The van der Waals surface area contributed by atoms with Crippen LogP contribution in [-0.4, -0.2) is 30.4 Å². The van der Waals surface area contributed by atoms with Gasteiger partial charge in [-0.2, -0.15) is 13.2 Å². The Kier molecular flexibility index (Phi) is 3.92. The molecule has 0 aliphatic carbocycles. The maximum Gasteiger partial charge on any atom is 0.416 e. The summed E-state index contributed by atoms with van der Waals surface area (Å²) in [6, 6.07) is -0.904. The van der Waals surface area contributed by atoms with Gasteiger partial charge in [-0.3, -0.25) is 9.78 Å². The highest BCUT2D eigenvalue weighted by atomic mass is 19.4. The summed E-state index contributed by atoms with van der Waals surface area (Å²) < 4.78 is 140. The number of hydrogen-bond acceptors (Lipinski definition) is 6. The van der Waals surface area contributed by atoms with E-state index in [1.165, 1.54) is 13.0 Å². The van der Waals surface area contributed by atoms with Crippen molar-refractivity contribution >= 4 is 23.2 Å². The van der Waals surface area contributed by atoms with Gasteiger partial charge in [0.15, 0.2) is 0 Å². The minimum Gasteiger partial charge on any atom is -0.324 e. The van der Waals surface area contributed by atoms with Gasteiger partial charge >= 0.3 is 6.18 Å². The number of alkyl halides is 3. The number of aryl methyl sites for hydroxylation is 1. The predicted octanol–water partition coefficient (Wildman–Crippen LogP) is 6.36. The number of halogens is 3. The molecule has 1 amide bonds. The molecule has 5 aromatic rings. The number of carbonyl (C=O) groups is 1. The number of amides is 1. The molecule has 2 N–H and O–H groups in total. The van der Waals surface area contributed by atoms with Crippen molar-refractivity contribution in [2.24, 2.45) is 0 Å². The van der Waals surface area contributed by atoms with E-state index in [0.717, 1.165) is 16.8 Å². The van der Waals surface area contributed by atoms with Crippen molar-refractivity contribution in [2.45, 2.75) is 20.0 Å². The second-order valence-corrected chi connectivity index (χ2v) is 7.82. The summed E-state index contributed by atoms with van der Waals surface area (Å²) >= 11 is 0. The van der Waals surface area contributed by atoms with E-state index in [2.05, 4.69) is 30.6 Å². The van der Waals surface area contributed by atoms with Crippen LogP contribution in [0.4, 0.5) is 30.5 Å². The SMILES string of the molecule is [2H]c1nc([2H])c(-c2ccnc(Nc3c([2H])c(C(=O)Nc4cc(-n5c([2H])nc(C)c5[2H])cc(C(F)(F)F)c4)c([2H])c([2H])c3C([2H])([2H])[2H])n2)c([2H])c1[2H]. The second-order valence-electron chi connectivity index (χ2n) is 7.82. The van der Waals surface area contributed by atoms with Crippen molar-refractivity contribution in [3.63, 3.8) is 0 Å². The minimum absolute atomic E-state index is 0.0383. The fraction of sp³-hybridized carbons (Fsp3) is 0.107. The molecule has 8 nitrogen and oxygen atoms in total. The topological polar surface area (TPSA) is 97.6 Å². The van der Waals surface area contributed by atoms with Crippen molar-refractivity contribution < 1.29 is 34.4 Å². The molecule has 196 valence electrons. The van der Waals surface area contributed by atoms with Crippen molar-refractivity contribution in [3.05, 3.63) is 108 Å². The number of pyridine rings is 1. The van der Waals surface area contributed by atoms with E-state index in [4.69, 9.17) is 16.4 Å². The first-order valence-electron chi connectivity index (χ1n) is 16.9. The third kappa shape index (κ3) is 5.93. The number of carbonyl (C=O) groups excluding carboxylic acids is 1. The molecule has 0 saturated carbocycles. The molecule has 0 aliphatic heterocycles. The molecule has 5 rings (SSSR count). The van der Waals surface area contributed by atoms with Crippen LogP contribution < -0.4 is 10.6 Å². The van der Waals surface area contributed by atoms with Gasteiger partial charge < -0.3 is 15.2 Å². The van der Waals surface area contributed by atoms with Crippen LogP contribution >= 0.6 is 0 Å². The molecule has 0 bridgehead atoms. The monoisotopic (exact) mass is 541 g/mol. The third-order valence-electron chi connectivity index (χ3n) is 5.01. The number of nitrogens with zero attached hydrogens (tertiary/aromatic N) is 5. The number of rotatable bonds is 6. The van der Waals surface area contributed by atoms with Gasteiger partial charge in [-0.1, -0.05) is 6.04 Å². The van der Waals surface area contributed by atoms with E-state index in [9.17, 15) is 18.0 Å². The van der Waals surface area contributed by atoms with Crippen molar-refractivity contribution in [1.82, 2.24) is 24.5 Å². The number of nitrogens with one attached hydrogen (secondary N) is 2. The van der Waals surface area contributed by atoms with Gasteiger partial charge in [0.1, 0.15) is 1.37 Å². The molecule has 39 heavy (non-hydrogen) atoms. The standard InChI is InChI=1S/C28H22F3N7O/c1-17-5-6-19(10-25(17)37-27-33-9-7-24(36-27)20-4-3-8-32-14-20)26(39)35-22-11-21(28(29,30)31)12-23(13-22)38-15-18(2)34-16-38/h3-16H,1-2H3,(H,35,39)(H,33,36,37)/i1D3,3D,4D,5D,6D,8D,10D,14D,15D,16D. The van der Waals surface area contributed by atoms with Crippen molar-refractivity contribution in [3.8, 4) is 16.9 Å². The number of aromatic nitrogens is 5. The van der Waals surface area contributed by atoms with Crippen molar-refractivity contribution in [2.75, 3.05) is 10.6 Å². The molecule has 0 fully saturated rings. The first-order chi connectivity index (χ1) is 23.6. The largest absolute Gasteiger partial charge is 0.416 e. The Balaban J connectivity index is 1.63. The number of hydrogen-bond donors (Lipinski definition) is 2. The van der Waals surface area contributed by atoms with E-state index < -0.39 is 108 Å². The molecule has 11 heteroatoms. The van der Waals surface area contributed by atoms with Gasteiger partial charge in [-0.15, -0.1) is 0 Å². The van der Waals surface area contributed by atoms with Gasteiger partial charge in [0.05, 0.1) is 34.2 Å². The van der Waals surface area contributed by atoms with Crippen LogP contribution in [0.25, 0.3) is 16.9 Å². The molecular weight excluding hydrogens is 507 g/mol. The maximum absolute atomic E-state index is 13.9. The molecule has 0 saturated heterocycles. The predicted molar refractivity (Wildman–Crippen MR) is 141 cm³/mol. The zero-order valence-corrected chi connectivity index (χ0v) is 19.7. The number of anilines is 3. The normalized spacial score (nSPS) is 16.0. The summed E-state index contributed by atoms with van der Waals surface area (Å²) in [6.45, 7) is -1.80. The van der Waals surface area contributed by atoms with Gasteiger partial charge in [-0.25, -0.2) is 15.0 Å². The highest BCUT2D eigenvalue weighted by Gasteiger charge is 2.31. The van der Waals surface area contributed by atoms with Gasteiger partial charge in [0.25, 0.3) is 5.91 Å². The molecule has 0 atom stereocenters. The molecule has 0 aliphatic rings. The fourth-order valence-electron chi connectivity index (χ4n) is 3.26. The van der Waals surface area contributed by atoms with Gasteiger partial charge in [0.2, 0.25) is 5.95 Å². The first-order valence-corrected chi connectivity index (χ1v) is 10.9. The lowest BCUT2D eigenvalue weighted by Gasteiger charge is -2.14. The lowest BCUT2D eigenvalue weighted by molar-refractivity contribution is -0.137. The Morgan fingerprint density at radius 2 is 2.03 bits per heavy atom. The zero-order chi connectivity index (χ0) is 37.9. The third-order valence-corrected chi connectivity index (χ3v) is 5.01. The number of benzene rings is 2. The Hall–Kier alpha value is -5.06. The lowest BCUT2D eigenvalue weighted by atomic mass is 10.1. The van der Waals surface area contributed by atoms with Crippen molar-refractivity contribution in [1.29, 1.82) is 0 Å². The summed E-state index contributed by atoms with van der Waals surface area (Å²) in [5, 5.41) is 4.58. The molecule has 0 radical (unpaired) electrons. The van der Waals surface area contributed by atoms with Crippen LogP contribution in [-0.2, 0) is 6.18 Å². The van der Waals surface area contributed by atoms with E-state index in [-0.39, 0.29) is 22.6 Å². The average Bonchev–Trinajstić information content (AvgIpc) is 3.27. The van der Waals surface area contributed by atoms with E-state index in [1.54, 1.807) is 0 Å². The van der Waals surface area contributed by atoms with Crippen LogP contribution in [0, 0.1) is 13.8 Å². The van der Waals surface area contributed by atoms with Gasteiger partial charge in [0, 0.05) is 57.0 Å². The highest BCUT2D eigenvalue weighted by Crippen LogP contribution is 2.33. The van der Waals surface area contributed by atoms with Crippen LogP contribution in [0.5, 0.6) is 0 Å². The summed E-state index contributed by atoms with van der Waals surface area (Å²) in [5.41, 5.74) is -5.22.